The lowest BCUT2D eigenvalue weighted by Gasteiger charge is -2.10. The molecule has 3 N–H and O–H groups in total. The SMILES string of the molecule is COc1ccc(C=Cc2ccc([N+](=O)[O-])cc2)cc1NC(N)=S. The lowest BCUT2D eigenvalue weighted by Crippen LogP contribution is -2.19. The summed E-state index contributed by atoms with van der Waals surface area (Å²) >= 11 is 4.84. The van der Waals surface area contributed by atoms with Gasteiger partial charge >= 0.3 is 0 Å². The summed E-state index contributed by atoms with van der Waals surface area (Å²) < 4.78 is 5.23. The minimum absolute atomic E-state index is 0.0644. The fraction of sp³-hybridized carbons (Fsp3) is 0.0625. The van der Waals surface area contributed by atoms with E-state index in [1.54, 1.807) is 25.3 Å². The Hall–Kier alpha value is -2.93. The van der Waals surface area contributed by atoms with Crippen molar-refractivity contribution >= 4 is 40.9 Å². The lowest BCUT2D eigenvalue weighted by molar-refractivity contribution is -0.384. The second-order valence-corrected chi connectivity index (χ2v) is 5.07. The molecule has 0 spiro atoms. The molecule has 2 aromatic carbocycles. The molecule has 0 aliphatic heterocycles. The van der Waals surface area contributed by atoms with E-state index in [9.17, 15) is 10.1 Å². The third-order valence-corrected chi connectivity index (χ3v) is 3.16. The van der Waals surface area contributed by atoms with Crippen LogP contribution >= 0.6 is 12.2 Å². The first-order valence-corrected chi connectivity index (χ1v) is 7.07. The third-order valence-electron chi connectivity index (χ3n) is 3.05. The standard InChI is InChI=1S/C16H15N3O3S/c1-22-15-9-6-12(10-14(15)18-16(17)23)3-2-11-4-7-13(8-5-11)19(20)21/h2-10H,1H3,(H3,17,18,23). The molecule has 23 heavy (non-hydrogen) atoms. The highest BCUT2D eigenvalue weighted by atomic mass is 32.1. The maximum Gasteiger partial charge on any atom is 0.269 e. The first-order chi connectivity index (χ1) is 11.0. The molecule has 0 radical (unpaired) electrons. The van der Waals surface area contributed by atoms with Crippen LogP contribution in [0.3, 0.4) is 0 Å². The number of thiocarbonyl (C=S) groups is 1. The van der Waals surface area contributed by atoms with E-state index < -0.39 is 4.92 Å². The maximum absolute atomic E-state index is 10.6. The third kappa shape index (κ3) is 4.52. The summed E-state index contributed by atoms with van der Waals surface area (Å²) in [7, 11) is 1.56. The predicted octanol–water partition coefficient (Wildman–Crippen LogP) is 3.43. The Morgan fingerprint density at radius 3 is 2.39 bits per heavy atom. The number of methoxy groups -OCH3 is 1. The fourth-order valence-corrected chi connectivity index (χ4v) is 2.07. The van der Waals surface area contributed by atoms with Crippen molar-refractivity contribution in [3.63, 3.8) is 0 Å². The van der Waals surface area contributed by atoms with Crippen molar-refractivity contribution in [3.05, 3.63) is 63.7 Å². The zero-order chi connectivity index (χ0) is 16.8. The summed E-state index contributed by atoms with van der Waals surface area (Å²) in [4.78, 5) is 10.2. The molecule has 0 fully saturated rings. The first kappa shape index (κ1) is 16.4. The van der Waals surface area contributed by atoms with Gasteiger partial charge in [-0.2, -0.15) is 0 Å². The van der Waals surface area contributed by atoms with Crippen LogP contribution in [-0.4, -0.2) is 17.1 Å². The van der Waals surface area contributed by atoms with Gasteiger partial charge in [-0.25, -0.2) is 0 Å². The van der Waals surface area contributed by atoms with Crippen molar-refractivity contribution in [2.45, 2.75) is 0 Å². The van der Waals surface area contributed by atoms with Crippen molar-refractivity contribution in [1.29, 1.82) is 0 Å². The molecule has 118 valence electrons. The van der Waals surface area contributed by atoms with Gasteiger partial charge < -0.3 is 15.8 Å². The van der Waals surface area contributed by atoms with Crippen LogP contribution in [0.4, 0.5) is 11.4 Å². The largest absolute Gasteiger partial charge is 0.495 e. The van der Waals surface area contributed by atoms with Gasteiger partial charge in [0.1, 0.15) is 5.75 Å². The summed E-state index contributed by atoms with van der Waals surface area (Å²) in [5.41, 5.74) is 7.99. The molecule has 0 saturated heterocycles. The Morgan fingerprint density at radius 2 is 1.83 bits per heavy atom. The Kier molecular flexibility index (Phi) is 5.27. The number of rotatable bonds is 5. The molecule has 0 atom stereocenters. The van der Waals surface area contributed by atoms with Crippen LogP contribution in [0, 0.1) is 10.1 Å². The lowest BCUT2D eigenvalue weighted by atomic mass is 10.1. The van der Waals surface area contributed by atoms with Crippen molar-refractivity contribution < 1.29 is 9.66 Å². The average Bonchev–Trinajstić information content (AvgIpc) is 2.53. The fourth-order valence-electron chi connectivity index (χ4n) is 1.96. The molecular formula is C16H15N3O3S. The van der Waals surface area contributed by atoms with Crippen LogP contribution < -0.4 is 15.8 Å². The molecule has 0 aromatic heterocycles. The number of hydrogen-bond acceptors (Lipinski definition) is 4. The van der Waals surface area contributed by atoms with Crippen LogP contribution in [-0.2, 0) is 0 Å². The van der Waals surface area contributed by atoms with E-state index >= 15 is 0 Å². The minimum Gasteiger partial charge on any atom is -0.495 e. The van der Waals surface area contributed by atoms with Crippen molar-refractivity contribution in [1.82, 2.24) is 0 Å². The molecule has 0 heterocycles. The Labute approximate surface area is 138 Å². The summed E-state index contributed by atoms with van der Waals surface area (Å²) in [6.45, 7) is 0. The van der Waals surface area contributed by atoms with Gasteiger partial charge in [-0.15, -0.1) is 0 Å². The van der Waals surface area contributed by atoms with E-state index in [4.69, 9.17) is 22.7 Å². The summed E-state index contributed by atoms with van der Waals surface area (Å²) in [6, 6.07) is 11.8. The monoisotopic (exact) mass is 329 g/mol. The highest BCUT2D eigenvalue weighted by molar-refractivity contribution is 7.80. The first-order valence-electron chi connectivity index (χ1n) is 6.66. The topological polar surface area (TPSA) is 90.4 Å². The summed E-state index contributed by atoms with van der Waals surface area (Å²) in [6.07, 6.45) is 3.74. The van der Waals surface area contributed by atoms with Gasteiger partial charge in [0, 0.05) is 12.1 Å². The van der Waals surface area contributed by atoms with Crippen molar-refractivity contribution in [2.75, 3.05) is 12.4 Å². The molecule has 2 rings (SSSR count). The summed E-state index contributed by atoms with van der Waals surface area (Å²) in [5, 5.41) is 13.6. The maximum atomic E-state index is 10.6. The van der Waals surface area contributed by atoms with Crippen LogP contribution in [0.25, 0.3) is 12.2 Å². The number of nitrogens with one attached hydrogen (secondary N) is 1. The Balaban J connectivity index is 2.21. The zero-order valence-electron chi connectivity index (χ0n) is 12.4. The number of nitrogens with two attached hydrogens (primary N) is 1. The van der Waals surface area contributed by atoms with Crippen molar-refractivity contribution in [3.8, 4) is 5.75 Å². The number of ether oxygens (including phenoxy) is 1. The van der Waals surface area contributed by atoms with Gasteiger partial charge in [-0.05, 0) is 47.6 Å². The molecule has 0 amide bonds. The number of anilines is 1. The molecule has 0 bridgehead atoms. The highest BCUT2D eigenvalue weighted by Crippen LogP contribution is 2.26. The zero-order valence-corrected chi connectivity index (χ0v) is 13.2. The van der Waals surface area contributed by atoms with Crippen LogP contribution in [0.2, 0.25) is 0 Å². The van der Waals surface area contributed by atoms with Crippen molar-refractivity contribution in [2.24, 2.45) is 5.73 Å². The smallest absolute Gasteiger partial charge is 0.269 e. The van der Waals surface area contributed by atoms with E-state index in [2.05, 4.69) is 5.32 Å². The average molecular weight is 329 g/mol. The quantitative estimate of drug-likeness (QED) is 0.378. The number of non-ortho nitro benzene ring substituents is 1. The molecule has 6 nitrogen and oxygen atoms in total. The van der Waals surface area contributed by atoms with Gasteiger partial charge in [0.15, 0.2) is 5.11 Å². The van der Waals surface area contributed by atoms with Crippen LogP contribution in [0.15, 0.2) is 42.5 Å². The second kappa shape index (κ2) is 7.37. The van der Waals surface area contributed by atoms with Gasteiger partial charge in [0.2, 0.25) is 0 Å². The number of nitro benzene ring substituents is 1. The van der Waals surface area contributed by atoms with Crippen LogP contribution in [0.5, 0.6) is 5.75 Å². The molecule has 0 saturated carbocycles. The van der Waals surface area contributed by atoms with E-state index in [-0.39, 0.29) is 10.8 Å². The minimum atomic E-state index is -0.426. The van der Waals surface area contributed by atoms with E-state index in [0.717, 1.165) is 11.1 Å². The molecule has 0 aliphatic carbocycles. The number of nitro groups is 1. The molecule has 0 aliphatic rings. The van der Waals surface area contributed by atoms with E-state index in [0.29, 0.717) is 11.4 Å². The van der Waals surface area contributed by atoms with Gasteiger partial charge in [0.05, 0.1) is 17.7 Å². The number of hydrogen-bond donors (Lipinski definition) is 2. The number of benzene rings is 2. The normalized spacial score (nSPS) is 10.5. The summed E-state index contributed by atoms with van der Waals surface area (Å²) in [5.74, 6) is 0.630. The molecular weight excluding hydrogens is 314 g/mol. The van der Waals surface area contributed by atoms with E-state index in [1.807, 2.05) is 24.3 Å². The van der Waals surface area contributed by atoms with Gasteiger partial charge in [-0.3, -0.25) is 10.1 Å². The van der Waals surface area contributed by atoms with Gasteiger partial charge in [-0.1, -0.05) is 18.2 Å². The number of nitrogens with zero attached hydrogens (tertiary/aromatic N) is 1. The molecule has 2 aromatic rings. The van der Waals surface area contributed by atoms with Crippen LogP contribution in [0.1, 0.15) is 11.1 Å². The van der Waals surface area contributed by atoms with E-state index in [1.165, 1.54) is 12.1 Å². The highest BCUT2D eigenvalue weighted by Gasteiger charge is 2.04. The Bertz CT molecular complexity index is 758. The predicted molar refractivity (Wildman–Crippen MR) is 95.4 cm³/mol. The van der Waals surface area contributed by atoms with Gasteiger partial charge in [0.25, 0.3) is 5.69 Å². The molecule has 0 unspecified atom stereocenters. The molecule has 7 heteroatoms. The Morgan fingerprint density at radius 1 is 1.22 bits per heavy atom. The second-order valence-electron chi connectivity index (χ2n) is 4.63.